The molecule has 0 aliphatic carbocycles. The number of rotatable bonds is 8. The van der Waals surface area contributed by atoms with Crippen LogP contribution in [0.1, 0.15) is 30.9 Å². The van der Waals surface area contributed by atoms with Crippen molar-refractivity contribution in [2.24, 2.45) is 0 Å². The van der Waals surface area contributed by atoms with Crippen molar-refractivity contribution in [3.8, 4) is 0 Å². The summed E-state index contributed by atoms with van der Waals surface area (Å²) in [6.45, 7) is 9.48. The van der Waals surface area contributed by atoms with Crippen LogP contribution in [-0.2, 0) is 17.8 Å². The van der Waals surface area contributed by atoms with Gasteiger partial charge in [0.25, 0.3) is 0 Å². The van der Waals surface area contributed by atoms with Crippen LogP contribution < -0.4 is 5.32 Å². The first kappa shape index (κ1) is 15.2. The Bertz CT molecular complexity index is 348. The Kier molecular flexibility index (Phi) is 6.39. The molecule has 0 amide bonds. The quantitative estimate of drug-likeness (QED) is 0.771. The van der Waals surface area contributed by atoms with E-state index in [4.69, 9.17) is 9.15 Å². The number of aryl methyl sites for hydroxylation is 1. The fourth-order valence-electron chi connectivity index (χ4n) is 1.82. The van der Waals surface area contributed by atoms with Crippen LogP contribution in [0.3, 0.4) is 0 Å². The highest BCUT2D eigenvalue weighted by Gasteiger charge is 2.09. The third kappa shape index (κ3) is 5.21. The first-order valence-electron chi connectivity index (χ1n) is 6.56. The molecular weight excluding hydrogens is 228 g/mol. The average molecular weight is 254 g/mol. The van der Waals surface area contributed by atoms with Crippen LogP contribution in [0.2, 0.25) is 0 Å². The van der Waals surface area contributed by atoms with Crippen LogP contribution in [0, 0.1) is 6.92 Å². The Morgan fingerprint density at radius 1 is 1.44 bits per heavy atom. The maximum atomic E-state index is 5.74. The highest BCUT2D eigenvalue weighted by atomic mass is 16.5. The third-order valence-electron chi connectivity index (χ3n) is 2.79. The van der Waals surface area contributed by atoms with Crippen LogP contribution >= 0.6 is 0 Å². The number of furan rings is 1. The summed E-state index contributed by atoms with van der Waals surface area (Å²) >= 11 is 0. The van der Waals surface area contributed by atoms with E-state index in [0.717, 1.165) is 37.8 Å². The van der Waals surface area contributed by atoms with Gasteiger partial charge in [-0.15, -0.1) is 0 Å². The summed E-state index contributed by atoms with van der Waals surface area (Å²) in [5, 5.41) is 3.14. The van der Waals surface area contributed by atoms with Gasteiger partial charge in [-0.3, -0.25) is 4.90 Å². The Morgan fingerprint density at radius 2 is 2.17 bits per heavy atom. The highest BCUT2D eigenvalue weighted by molar-refractivity contribution is 5.20. The van der Waals surface area contributed by atoms with Crippen LogP contribution in [0.4, 0.5) is 0 Å². The molecule has 0 unspecified atom stereocenters. The van der Waals surface area contributed by atoms with Crippen molar-refractivity contribution in [1.82, 2.24) is 10.2 Å². The van der Waals surface area contributed by atoms with E-state index in [9.17, 15) is 0 Å². The van der Waals surface area contributed by atoms with Crippen molar-refractivity contribution in [1.29, 1.82) is 0 Å². The standard InChI is InChI=1S/C14H26N2O2/c1-11(2)17-7-6-16(5)10-14-8-13(9-15-4)12(3)18-14/h8,11,15H,6-7,9-10H2,1-5H3. The summed E-state index contributed by atoms with van der Waals surface area (Å²) in [6.07, 6.45) is 0.298. The molecule has 1 rings (SSSR count). The van der Waals surface area contributed by atoms with E-state index in [2.05, 4.69) is 37.2 Å². The predicted octanol–water partition coefficient (Wildman–Crippen LogP) is 2.16. The van der Waals surface area contributed by atoms with Crippen LogP contribution in [0.5, 0.6) is 0 Å². The van der Waals surface area contributed by atoms with Crippen LogP contribution in [-0.4, -0.2) is 38.3 Å². The molecule has 0 atom stereocenters. The van der Waals surface area contributed by atoms with Gasteiger partial charge in [-0.25, -0.2) is 0 Å². The minimum Gasteiger partial charge on any atom is -0.465 e. The Morgan fingerprint density at radius 3 is 2.78 bits per heavy atom. The van der Waals surface area contributed by atoms with Gasteiger partial charge in [-0.2, -0.15) is 0 Å². The van der Waals surface area contributed by atoms with Crippen molar-refractivity contribution in [3.05, 3.63) is 23.2 Å². The lowest BCUT2D eigenvalue weighted by Gasteiger charge is -2.16. The van der Waals surface area contributed by atoms with Crippen molar-refractivity contribution >= 4 is 0 Å². The summed E-state index contributed by atoms with van der Waals surface area (Å²) in [5.74, 6) is 2.02. The van der Waals surface area contributed by atoms with E-state index in [1.165, 1.54) is 5.56 Å². The molecule has 4 nitrogen and oxygen atoms in total. The van der Waals surface area contributed by atoms with Gasteiger partial charge in [0.15, 0.2) is 0 Å². The number of nitrogens with one attached hydrogen (secondary N) is 1. The van der Waals surface area contributed by atoms with E-state index in [1.54, 1.807) is 0 Å². The molecule has 1 heterocycles. The van der Waals surface area contributed by atoms with Crippen molar-refractivity contribution < 1.29 is 9.15 Å². The Labute approximate surface area is 110 Å². The van der Waals surface area contributed by atoms with Gasteiger partial charge in [0, 0.05) is 18.7 Å². The fourth-order valence-corrected chi connectivity index (χ4v) is 1.82. The Hall–Kier alpha value is -0.840. The summed E-state index contributed by atoms with van der Waals surface area (Å²) in [7, 11) is 4.03. The molecule has 1 aromatic rings. The fraction of sp³-hybridized carbons (Fsp3) is 0.714. The maximum absolute atomic E-state index is 5.74. The number of hydrogen-bond acceptors (Lipinski definition) is 4. The molecule has 1 N–H and O–H groups in total. The summed E-state index contributed by atoms with van der Waals surface area (Å²) in [5.41, 5.74) is 1.24. The number of likely N-dealkylation sites (N-methyl/N-ethyl adjacent to an activating group) is 1. The monoisotopic (exact) mass is 254 g/mol. The lowest BCUT2D eigenvalue weighted by molar-refractivity contribution is 0.0616. The predicted molar refractivity (Wildman–Crippen MR) is 73.6 cm³/mol. The van der Waals surface area contributed by atoms with E-state index >= 15 is 0 Å². The topological polar surface area (TPSA) is 37.6 Å². The molecule has 0 radical (unpaired) electrons. The molecule has 0 bridgehead atoms. The first-order valence-corrected chi connectivity index (χ1v) is 6.56. The van der Waals surface area contributed by atoms with Gasteiger partial charge in [0.2, 0.25) is 0 Å². The zero-order chi connectivity index (χ0) is 13.5. The second-order valence-electron chi connectivity index (χ2n) is 4.98. The smallest absolute Gasteiger partial charge is 0.118 e. The average Bonchev–Trinajstić information content (AvgIpc) is 2.59. The minimum absolute atomic E-state index is 0.298. The van der Waals surface area contributed by atoms with E-state index in [0.29, 0.717) is 6.10 Å². The largest absolute Gasteiger partial charge is 0.465 e. The van der Waals surface area contributed by atoms with Gasteiger partial charge < -0.3 is 14.5 Å². The Balaban J connectivity index is 2.39. The highest BCUT2D eigenvalue weighted by Crippen LogP contribution is 2.15. The van der Waals surface area contributed by atoms with Gasteiger partial charge in [-0.1, -0.05) is 0 Å². The summed E-state index contributed by atoms with van der Waals surface area (Å²) in [6, 6.07) is 2.13. The van der Waals surface area contributed by atoms with E-state index in [1.807, 2.05) is 14.0 Å². The SMILES string of the molecule is CNCc1cc(CN(C)CCOC(C)C)oc1C. The van der Waals surface area contributed by atoms with Crippen molar-refractivity contribution in [2.45, 2.75) is 40.0 Å². The molecule has 1 aromatic heterocycles. The molecule has 4 heteroatoms. The molecule has 0 aromatic carbocycles. The van der Waals surface area contributed by atoms with Crippen LogP contribution in [0.15, 0.2) is 10.5 Å². The van der Waals surface area contributed by atoms with E-state index in [-0.39, 0.29) is 0 Å². The number of ether oxygens (including phenoxy) is 1. The summed E-state index contributed by atoms with van der Waals surface area (Å²) in [4.78, 5) is 2.21. The van der Waals surface area contributed by atoms with Crippen molar-refractivity contribution in [2.75, 3.05) is 27.2 Å². The number of nitrogens with zero attached hydrogens (tertiary/aromatic N) is 1. The second kappa shape index (κ2) is 7.56. The zero-order valence-electron chi connectivity index (χ0n) is 12.2. The number of hydrogen-bond donors (Lipinski definition) is 1. The lowest BCUT2D eigenvalue weighted by atomic mass is 10.2. The molecule has 18 heavy (non-hydrogen) atoms. The first-order chi connectivity index (χ1) is 8.52. The van der Waals surface area contributed by atoms with Gasteiger partial charge in [-0.05, 0) is 40.9 Å². The van der Waals surface area contributed by atoms with Gasteiger partial charge >= 0.3 is 0 Å². The third-order valence-corrected chi connectivity index (χ3v) is 2.79. The van der Waals surface area contributed by atoms with Crippen LogP contribution in [0.25, 0.3) is 0 Å². The molecule has 0 fully saturated rings. The summed E-state index contributed by atoms with van der Waals surface area (Å²) < 4.78 is 11.3. The normalized spacial score (nSPS) is 11.7. The van der Waals surface area contributed by atoms with Gasteiger partial charge in [0.05, 0.1) is 19.3 Å². The van der Waals surface area contributed by atoms with E-state index < -0.39 is 0 Å². The molecule has 0 aliphatic rings. The zero-order valence-corrected chi connectivity index (χ0v) is 12.2. The molecule has 104 valence electrons. The molecular formula is C14H26N2O2. The molecule has 0 spiro atoms. The molecule has 0 saturated carbocycles. The molecule has 0 saturated heterocycles. The minimum atomic E-state index is 0.298. The van der Waals surface area contributed by atoms with Crippen molar-refractivity contribution in [3.63, 3.8) is 0 Å². The second-order valence-corrected chi connectivity index (χ2v) is 4.98. The van der Waals surface area contributed by atoms with Gasteiger partial charge in [0.1, 0.15) is 11.5 Å². The molecule has 0 aliphatic heterocycles. The lowest BCUT2D eigenvalue weighted by Crippen LogP contribution is -2.23. The maximum Gasteiger partial charge on any atom is 0.118 e.